The second kappa shape index (κ2) is 4.89. The molecule has 2 aromatic heterocycles. The van der Waals surface area contributed by atoms with E-state index >= 15 is 0 Å². The van der Waals surface area contributed by atoms with Crippen LogP contribution in [0.1, 0.15) is 10.4 Å². The monoisotopic (exact) mass is 235 g/mol. The summed E-state index contributed by atoms with van der Waals surface area (Å²) in [7, 11) is 1.85. The lowest BCUT2D eigenvalue weighted by Crippen LogP contribution is -2.05. The van der Waals surface area contributed by atoms with E-state index in [4.69, 9.17) is 0 Å². The van der Waals surface area contributed by atoms with Crippen LogP contribution in [0.25, 0.3) is 0 Å². The van der Waals surface area contributed by atoms with E-state index in [0.29, 0.717) is 0 Å². The number of anilines is 2. The van der Waals surface area contributed by atoms with Gasteiger partial charge in [0.05, 0.1) is 12.1 Å². The van der Waals surface area contributed by atoms with Gasteiger partial charge < -0.3 is 10.6 Å². The molecule has 2 rings (SSSR count). The fourth-order valence-electron chi connectivity index (χ4n) is 1.38. The smallest absolute Gasteiger partial charge is 0.134 e. The summed E-state index contributed by atoms with van der Waals surface area (Å²) in [6.45, 7) is 2.73. The lowest BCUT2D eigenvalue weighted by Gasteiger charge is -2.09. The number of nitrogens with zero attached hydrogens (tertiary/aromatic N) is 3. The fourth-order valence-corrected chi connectivity index (χ4v) is 1.92. The van der Waals surface area contributed by atoms with Crippen LogP contribution < -0.4 is 10.6 Å². The molecule has 84 valence electrons. The molecule has 0 spiro atoms. The SMILES string of the molecule is CNc1ncnc(NCc2cncs2)c1C. The summed E-state index contributed by atoms with van der Waals surface area (Å²) in [4.78, 5) is 13.5. The largest absolute Gasteiger partial charge is 0.373 e. The van der Waals surface area contributed by atoms with Crippen LogP contribution in [-0.4, -0.2) is 22.0 Å². The van der Waals surface area contributed by atoms with Gasteiger partial charge in [-0.2, -0.15) is 0 Å². The molecule has 0 amide bonds. The lowest BCUT2D eigenvalue weighted by atomic mass is 10.3. The third kappa shape index (κ3) is 2.27. The van der Waals surface area contributed by atoms with E-state index in [1.807, 2.05) is 25.7 Å². The Bertz CT molecular complexity index is 454. The van der Waals surface area contributed by atoms with Crippen molar-refractivity contribution in [1.82, 2.24) is 15.0 Å². The lowest BCUT2D eigenvalue weighted by molar-refractivity contribution is 1.07. The number of rotatable bonds is 4. The highest BCUT2D eigenvalue weighted by molar-refractivity contribution is 7.09. The maximum Gasteiger partial charge on any atom is 0.134 e. The van der Waals surface area contributed by atoms with Crippen molar-refractivity contribution in [3.05, 3.63) is 28.5 Å². The van der Waals surface area contributed by atoms with Crippen molar-refractivity contribution in [1.29, 1.82) is 0 Å². The Morgan fingerprint density at radius 3 is 2.81 bits per heavy atom. The molecule has 16 heavy (non-hydrogen) atoms. The Hall–Kier alpha value is -1.69. The minimum atomic E-state index is 0.742. The van der Waals surface area contributed by atoms with Crippen molar-refractivity contribution in [3.63, 3.8) is 0 Å². The summed E-state index contributed by atoms with van der Waals surface area (Å²) in [6, 6.07) is 0. The molecule has 0 saturated heterocycles. The second-order valence-corrected chi connectivity index (χ2v) is 4.24. The van der Waals surface area contributed by atoms with E-state index in [-0.39, 0.29) is 0 Å². The third-order valence-corrected chi connectivity index (χ3v) is 3.01. The van der Waals surface area contributed by atoms with E-state index in [1.165, 1.54) is 4.88 Å². The van der Waals surface area contributed by atoms with Crippen LogP contribution >= 0.6 is 11.3 Å². The Morgan fingerprint density at radius 1 is 1.31 bits per heavy atom. The molecule has 0 atom stereocenters. The summed E-state index contributed by atoms with van der Waals surface area (Å²) in [5, 5.41) is 6.30. The molecule has 0 unspecified atom stereocenters. The van der Waals surface area contributed by atoms with Crippen molar-refractivity contribution in [3.8, 4) is 0 Å². The quantitative estimate of drug-likeness (QED) is 0.847. The van der Waals surface area contributed by atoms with Crippen LogP contribution in [0.2, 0.25) is 0 Å². The van der Waals surface area contributed by atoms with Gasteiger partial charge in [-0.1, -0.05) is 0 Å². The number of hydrogen-bond donors (Lipinski definition) is 2. The second-order valence-electron chi connectivity index (χ2n) is 3.27. The third-order valence-electron chi connectivity index (χ3n) is 2.23. The Morgan fingerprint density at radius 2 is 2.12 bits per heavy atom. The summed E-state index contributed by atoms with van der Waals surface area (Å²) in [6.07, 6.45) is 3.40. The van der Waals surface area contributed by atoms with Crippen molar-refractivity contribution >= 4 is 23.0 Å². The van der Waals surface area contributed by atoms with Gasteiger partial charge in [-0.05, 0) is 6.92 Å². The van der Waals surface area contributed by atoms with Crippen LogP contribution in [-0.2, 0) is 6.54 Å². The highest BCUT2D eigenvalue weighted by Crippen LogP contribution is 2.18. The van der Waals surface area contributed by atoms with Crippen molar-refractivity contribution in [2.75, 3.05) is 17.7 Å². The molecule has 2 N–H and O–H groups in total. The number of thiazole rings is 1. The summed E-state index contributed by atoms with van der Waals surface area (Å²) in [5.41, 5.74) is 2.84. The van der Waals surface area contributed by atoms with Crippen molar-refractivity contribution in [2.45, 2.75) is 13.5 Å². The Balaban J connectivity index is 2.09. The minimum Gasteiger partial charge on any atom is -0.373 e. The Kier molecular flexibility index (Phi) is 3.31. The van der Waals surface area contributed by atoms with Gasteiger partial charge in [0.15, 0.2) is 0 Å². The molecule has 6 heteroatoms. The van der Waals surface area contributed by atoms with Crippen LogP contribution in [0, 0.1) is 6.92 Å². The maximum absolute atomic E-state index is 4.21. The van der Waals surface area contributed by atoms with Gasteiger partial charge in [0.1, 0.15) is 18.0 Å². The highest BCUT2D eigenvalue weighted by Gasteiger charge is 2.05. The zero-order chi connectivity index (χ0) is 11.4. The first-order valence-electron chi connectivity index (χ1n) is 4.92. The first kappa shape index (κ1) is 10.8. The van der Waals surface area contributed by atoms with Crippen LogP contribution in [0.15, 0.2) is 18.0 Å². The number of aromatic nitrogens is 3. The zero-order valence-corrected chi connectivity index (χ0v) is 10.0. The van der Waals surface area contributed by atoms with E-state index in [2.05, 4.69) is 25.6 Å². The predicted molar refractivity (Wildman–Crippen MR) is 65.8 cm³/mol. The van der Waals surface area contributed by atoms with Gasteiger partial charge >= 0.3 is 0 Å². The first-order chi connectivity index (χ1) is 7.81. The van der Waals surface area contributed by atoms with E-state index < -0.39 is 0 Å². The fraction of sp³-hybridized carbons (Fsp3) is 0.300. The summed E-state index contributed by atoms with van der Waals surface area (Å²) in [5.74, 6) is 1.70. The van der Waals surface area contributed by atoms with E-state index in [9.17, 15) is 0 Å². The van der Waals surface area contributed by atoms with Crippen LogP contribution in [0.3, 0.4) is 0 Å². The molecule has 0 bridgehead atoms. The topological polar surface area (TPSA) is 62.7 Å². The standard InChI is InChI=1S/C10H13N5S/c1-7-9(11-2)14-5-15-10(7)13-4-8-3-12-6-16-8/h3,5-6H,4H2,1-2H3,(H2,11,13,14,15). The minimum absolute atomic E-state index is 0.742. The predicted octanol–water partition coefficient (Wildman–Crippen LogP) is 1.90. The normalized spacial score (nSPS) is 10.1. The summed E-state index contributed by atoms with van der Waals surface area (Å²) < 4.78 is 0. The van der Waals surface area contributed by atoms with Crippen molar-refractivity contribution < 1.29 is 0 Å². The molecule has 2 heterocycles. The van der Waals surface area contributed by atoms with Crippen LogP contribution in [0.5, 0.6) is 0 Å². The molecule has 0 radical (unpaired) electrons. The van der Waals surface area contributed by atoms with Gasteiger partial charge in [0, 0.05) is 23.7 Å². The molecule has 0 saturated carbocycles. The maximum atomic E-state index is 4.21. The number of hydrogen-bond acceptors (Lipinski definition) is 6. The molecule has 0 aliphatic rings. The molecular formula is C10H13N5S. The molecule has 0 aromatic carbocycles. The average molecular weight is 235 g/mol. The highest BCUT2D eigenvalue weighted by atomic mass is 32.1. The van der Waals surface area contributed by atoms with Gasteiger partial charge in [0.2, 0.25) is 0 Å². The van der Waals surface area contributed by atoms with E-state index in [1.54, 1.807) is 17.7 Å². The van der Waals surface area contributed by atoms with Gasteiger partial charge in [-0.25, -0.2) is 9.97 Å². The number of nitrogens with one attached hydrogen (secondary N) is 2. The zero-order valence-electron chi connectivity index (χ0n) is 9.19. The molecule has 2 aromatic rings. The molecule has 0 fully saturated rings. The van der Waals surface area contributed by atoms with Crippen molar-refractivity contribution in [2.24, 2.45) is 0 Å². The average Bonchev–Trinajstić information content (AvgIpc) is 2.81. The first-order valence-corrected chi connectivity index (χ1v) is 5.80. The molecular weight excluding hydrogens is 222 g/mol. The van der Waals surface area contributed by atoms with Gasteiger partial charge in [-0.3, -0.25) is 4.98 Å². The van der Waals surface area contributed by atoms with Gasteiger partial charge in [0.25, 0.3) is 0 Å². The molecule has 5 nitrogen and oxygen atoms in total. The van der Waals surface area contributed by atoms with Crippen LogP contribution in [0.4, 0.5) is 11.6 Å². The molecule has 0 aliphatic heterocycles. The Labute approximate surface area is 98.0 Å². The summed E-state index contributed by atoms with van der Waals surface area (Å²) >= 11 is 1.63. The van der Waals surface area contributed by atoms with E-state index in [0.717, 1.165) is 23.7 Å². The molecule has 0 aliphatic carbocycles. The van der Waals surface area contributed by atoms with Gasteiger partial charge in [-0.15, -0.1) is 11.3 Å².